The van der Waals surface area contributed by atoms with E-state index in [2.05, 4.69) is 5.32 Å². The van der Waals surface area contributed by atoms with E-state index in [1.54, 1.807) is 6.07 Å². The molecule has 1 aliphatic carbocycles. The van der Waals surface area contributed by atoms with Crippen molar-refractivity contribution in [2.75, 3.05) is 0 Å². The summed E-state index contributed by atoms with van der Waals surface area (Å²) in [6.45, 7) is 1.94. The molecular formula is C14H20N2O4. The molecule has 1 unspecified atom stereocenters. The van der Waals surface area contributed by atoms with Crippen LogP contribution in [-0.4, -0.2) is 23.0 Å². The molecule has 1 saturated carbocycles. The molecule has 0 bridgehead atoms. The predicted molar refractivity (Wildman–Crippen MR) is 72.2 cm³/mol. The van der Waals surface area contributed by atoms with Crippen molar-refractivity contribution in [1.82, 2.24) is 5.32 Å². The van der Waals surface area contributed by atoms with Gasteiger partial charge in [-0.1, -0.05) is 0 Å². The highest BCUT2D eigenvalue weighted by Gasteiger charge is 2.26. The molecular weight excluding hydrogens is 260 g/mol. The van der Waals surface area contributed by atoms with E-state index < -0.39 is 5.97 Å². The zero-order valence-corrected chi connectivity index (χ0v) is 11.5. The van der Waals surface area contributed by atoms with Gasteiger partial charge in [-0.05, 0) is 44.7 Å². The Hall–Kier alpha value is -1.82. The van der Waals surface area contributed by atoms with Gasteiger partial charge >= 0.3 is 5.97 Å². The largest absolute Gasteiger partial charge is 0.475 e. The normalized spacial score (nSPS) is 24.2. The van der Waals surface area contributed by atoms with Gasteiger partial charge in [0.05, 0.1) is 6.04 Å². The average molecular weight is 280 g/mol. The van der Waals surface area contributed by atoms with Gasteiger partial charge in [-0.15, -0.1) is 0 Å². The molecule has 1 aliphatic rings. The molecule has 0 aliphatic heterocycles. The second kappa shape index (κ2) is 6.09. The Balaban J connectivity index is 1.87. The minimum Gasteiger partial charge on any atom is -0.475 e. The molecule has 6 nitrogen and oxygen atoms in total. The molecule has 1 aromatic heterocycles. The lowest BCUT2D eigenvalue weighted by molar-refractivity contribution is -0.122. The third-order valence-corrected chi connectivity index (χ3v) is 3.88. The van der Waals surface area contributed by atoms with E-state index >= 15 is 0 Å². The van der Waals surface area contributed by atoms with Gasteiger partial charge in [0.1, 0.15) is 5.76 Å². The lowest BCUT2D eigenvalue weighted by Crippen LogP contribution is -2.37. The highest BCUT2D eigenvalue weighted by Crippen LogP contribution is 2.26. The smallest absolute Gasteiger partial charge is 0.371 e. The van der Waals surface area contributed by atoms with Gasteiger partial charge in [0.2, 0.25) is 11.7 Å². The highest BCUT2D eigenvalue weighted by molar-refractivity contribution is 5.84. The molecule has 1 heterocycles. The van der Waals surface area contributed by atoms with Crippen molar-refractivity contribution in [3.8, 4) is 0 Å². The molecule has 1 aromatic rings. The summed E-state index contributed by atoms with van der Waals surface area (Å²) in [6.07, 6.45) is 3.39. The lowest BCUT2D eigenvalue weighted by Gasteiger charge is -2.29. The van der Waals surface area contributed by atoms with E-state index in [0.29, 0.717) is 11.8 Å². The zero-order valence-electron chi connectivity index (χ0n) is 11.5. The summed E-state index contributed by atoms with van der Waals surface area (Å²) < 4.78 is 5.27. The van der Waals surface area contributed by atoms with Crippen LogP contribution in [0.4, 0.5) is 0 Å². The van der Waals surface area contributed by atoms with Crippen LogP contribution >= 0.6 is 0 Å². The fraction of sp³-hybridized carbons (Fsp3) is 0.571. The van der Waals surface area contributed by atoms with E-state index in [4.69, 9.17) is 15.3 Å². The van der Waals surface area contributed by atoms with Crippen molar-refractivity contribution in [2.24, 2.45) is 11.7 Å². The number of nitrogens with two attached hydrogens (primary N) is 1. The molecule has 0 saturated heterocycles. The van der Waals surface area contributed by atoms with Crippen LogP contribution in [-0.2, 0) is 4.79 Å². The molecule has 20 heavy (non-hydrogen) atoms. The van der Waals surface area contributed by atoms with Crippen LogP contribution in [0.15, 0.2) is 16.5 Å². The van der Waals surface area contributed by atoms with Crippen molar-refractivity contribution in [3.63, 3.8) is 0 Å². The Morgan fingerprint density at radius 2 is 2.00 bits per heavy atom. The van der Waals surface area contributed by atoms with Gasteiger partial charge in [0, 0.05) is 12.0 Å². The Kier molecular flexibility index (Phi) is 4.44. The summed E-state index contributed by atoms with van der Waals surface area (Å²) in [4.78, 5) is 21.9. The second-order valence-electron chi connectivity index (χ2n) is 5.35. The van der Waals surface area contributed by atoms with Crippen LogP contribution in [0.5, 0.6) is 0 Å². The van der Waals surface area contributed by atoms with E-state index in [9.17, 15) is 9.59 Å². The fourth-order valence-electron chi connectivity index (χ4n) is 2.68. The first-order valence-corrected chi connectivity index (χ1v) is 6.85. The van der Waals surface area contributed by atoms with Crippen LogP contribution < -0.4 is 11.1 Å². The van der Waals surface area contributed by atoms with Gasteiger partial charge in [0.15, 0.2) is 0 Å². The van der Waals surface area contributed by atoms with Crippen molar-refractivity contribution in [1.29, 1.82) is 0 Å². The number of carbonyl (C=O) groups excluding carboxylic acids is 1. The number of hydrogen-bond donors (Lipinski definition) is 3. The molecule has 0 spiro atoms. The van der Waals surface area contributed by atoms with Gasteiger partial charge in [-0.2, -0.15) is 0 Å². The summed E-state index contributed by atoms with van der Waals surface area (Å²) in [6, 6.07) is 3.38. The maximum Gasteiger partial charge on any atom is 0.371 e. The molecule has 110 valence electrons. The van der Waals surface area contributed by atoms with Crippen LogP contribution in [0, 0.1) is 5.92 Å². The summed E-state index contributed by atoms with van der Waals surface area (Å²) in [5.74, 6) is -0.727. The van der Waals surface area contributed by atoms with E-state index in [0.717, 1.165) is 25.7 Å². The molecule has 1 amide bonds. The van der Waals surface area contributed by atoms with Crippen molar-refractivity contribution < 1.29 is 19.1 Å². The minimum atomic E-state index is -1.06. The van der Waals surface area contributed by atoms with E-state index in [1.807, 2.05) is 6.92 Å². The fourth-order valence-corrected chi connectivity index (χ4v) is 2.68. The first-order valence-electron chi connectivity index (χ1n) is 6.85. The Morgan fingerprint density at radius 3 is 2.50 bits per heavy atom. The number of carbonyl (C=O) groups is 2. The standard InChI is InChI=1S/C14H20N2O4/c1-8(11-6-7-12(20-11)14(18)19)16-10-4-2-9(3-5-10)13(15)17/h6-10,16H,2-5H2,1H3,(H2,15,17)(H,18,19). The van der Waals surface area contributed by atoms with Gasteiger partial charge in [0.25, 0.3) is 0 Å². The quantitative estimate of drug-likeness (QED) is 0.760. The third-order valence-electron chi connectivity index (χ3n) is 3.88. The van der Waals surface area contributed by atoms with Crippen LogP contribution in [0.1, 0.15) is 55.0 Å². The minimum absolute atomic E-state index is 0.00872. The third kappa shape index (κ3) is 3.39. The first-order chi connectivity index (χ1) is 9.47. The zero-order chi connectivity index (χ0) is 14.7. The Morgan fingerprint density at radius 1 is 1.35 bits per heavy atom. The van der Waals surface area contributed by atoms with Crippen molar-refractivity contribution in [2.45, 2.75) is 44.7 Å². The molecule has 0 aromatic carbocycles. The Bertz CT molecular complexity index is 489. The first kappa shape index (κ1) is 14.6. The molecule has 1 atom stereocenters. The number of amides is 1. The second-order valence-corrected chi connectivity index (χ2v) is 5.35. The van der Waals surface area contributed by atoms with Gasteiger partial charge in [-0.3, -0.25) is 4.79 Å². The molecule has 0 radical (unpaired) electrons. The van der Waals surface area contributed by atoms with Crippen LogP contribution in [0.3, 0.4) is 0 Å². The molecule has 2 rings (SSSR count). The number of primary amides is 1. The lowest BCUT2D eigenvalue weighted by atomic mass is 9.85. The van der Waals surface area contributed by atoms with Crippen molar-refractivity contribution >= 4 is 11.9 Å². The monoisotopic (exact) mass is 280 g/mol. The predicted octanol–water partition coefficient (Wildman–Crippen LogP) is 1.67. The molecule has 1 fully saturated rings. The maximum atomic E-state index is 11.1. The van der Waals surface area contributed by atoms with E-state index in [1.165, 1.54) is 6.07 Å². The number of aromatic carboxylic acids is 1. The highest BCUT2D eigenvalue weighted by atomic mass is 16.4. The van der Waals surface area contributed by atoms with Crippen LogP contribution in [0.25, 0.3) is 0 Å². The number of furan rings is 1. The maximum absolute atomic E-state index is 11.1. The number of hydrogen-bond acceptors (Lipinski definition) is 4. The molecule has 6 heteroatoms. The number of carboxylic acids is 1. The van der Waals surface area contributed by atoms with Gasteiger partial charge < -0.3 is 20.6 Å². The summed E-state index contributed by atoms with van der Waals surface area (Å²) in [7, 11) is 0. The van der Waals surface area contributed by atoms with Crippen LogP contribution in [0.2, 0.25) is 0 Å². The van der Waals surface area contributed by atoms with Crippen molar-refractivity contribution in [3.05, 3.63) is 23.7 Å². The number of carboxylic acid groups (broad SMARTS) is 1. The van der Waals surface area contributed by atoms with Gasteiger partial charge in [-0.25, -0.2) is 4.79 Å². The topological polar surface area (TPSA) is 106 Å². The Labute approximate surface area is 117 Å². The summed E-state index contributed by atoms with van der Waals surface area (Å²) in [5.41, 5.74) is 5.31. The van der Waals surface area contributed by atoms with E-state index in [-0.39, 0.29) is 23.6 Å². The number of nitrogens with one attached hydrogen (secondary N) is 1. The average Bonchev–Trinajstić information content (AvgIpc) is 2.89. The SMILES string of the molecule is CC(NC1CCC(C(N)=O)CC1)c1ccc(C(=O)O)o1. The summed E-state index contributed by atoms with van der Waals surface area (Å²) >= 11 is 0. The number of rotatable bonds is 5. The summed E-state index contributed by atoms with van der Waals surface area (Å²) in [5, 5.41) is 12.2. The molecule has 4 N–H and O–H groups in total.